The predicted octanol–water partition coefficient (Wildman–Crippen LogP) is 1.58. The summed E-state index contributed by atoms with van der Waals surface area (Å²) in [5.41, 5.74) is 7.73. The molecule has 1 aromatic rings. The van der Waals surface area contributed by atoms with E-state index >= 15 is 0 Å². The molecule has 0 spiro atoms. The van der Waals surface area contributed by atoms with Crippen molar-refractivity contribution in [2.24, 2.45) is 5.73 Å². The first-order chi connectivity index (χ1) is 8.58. The highest BCUT2D eigenvalue weighted by Gasteiger charge is 2.43. The van der Waals surface area contributed by atoms with Gasteiger partial charge in [-0.25, -0.2) is 0 Å². The number of carbonyl (C=O) groups is 1. The van der Waals surface area contributed by atoms with Crippen molar-refractivity contribution in [1.82, 2.24) is 4.90 Å². The van der Waals surface area contributed by atoms with Crippen molar-refractivity contribution in [3.8, 4) is 5.75 Å². The summed E-state index contributed by atoms with van der Waals surface area (Å²) in [6.07, 6.45) is 3.50. The SMILES string of the molecule is Cl.NC1(C(=O)N2CCc3ccc(O)cc3C2)CCC1. The standard InChI is InChI=1S/C14H18N2O2.ClH/c15-14(5-1-6-14)13(18)16-7-4-10-2-3-12(17)8-11(10)9-16;/h2-3,8,17H,1,4-7,9,15H2;1H. The molecule has 104 valence electrons. The number of phenols is 1. The van der Waals surface area contributed by atoms with Gasteiger partial charge in [0, 0.05) is 13.1 Å². The number of rotatable bonds is 1. The molecule has 0 unspecified atom stereocenters. The minimum atomic E-state index is -0.617. The Labute approximate surface area is 119 Å². The van der Waals surface area contributed by atoms with E-state index in [9.17, 15) is 9.90 Å². The van der Waals surface area contributed by atoms with Crippen LogP contribution >= 0.6 is 12.4 Å². The van der Waals surface area contributed by atoms with Gasteiger partial charge in [-0.3, -0.25) is 4.79 Å². The van der Waals surface area contributed by atoms with E-state index in [0.29, 0.717) is 6.54 Å². The maximum absolute atomic E-state index is 12.3. The first-order valence-electron chi connectivity index (χ1n) is 6.47. The Hall–Kier alpha value is -1.26. The van der Waals surface area contributed by atoms with Crippen LogP contribution in [0.5, 0.6) is 5.75 Å². The highest BCUT2D eigenvalue weighted by atomic mass is 35.5. The number of fused-ring (bicyclic) bond motifs is 1. The summed E-state index contributed by atoms with van der Waals surface area (Å²) >= 11 is 0. The summed E-state index contributed by atoms with van der Waals surface area (Å²) < 4.78 is 0. The van der Waals surface area contributed by atoms with E-state index in [1.165, 1.54) is 5.56 Å². The molecule has 3 rings (SSSR count). The van der Waals surface area contributed by atoms with Crippen molar-refractivity contribution in [3.05, 3.63) is 29.3 Å². The Morgan fingerprint density at radius 2 is 2.05 bits per heavy atom. The molecular formula is C14H19ClN2O2. The number of nitrogens with zero attached hydrogens (tertiary/aromatic N) is 1. The van der Waals surface area contributed by atoms with E-state index in [4.69, 9.17) is 5.73 Å². The fourth-order valence-corrected chi connectivity index (χ4v) is 2.80. The van der Waals surface area contributed by atoms with Gasteiger partial charge in [-0.1, -0.05) is 6.07 Å². The molecule has 1 aliphatic carbocycles. The molecule has 3 N–H and O–H groups in total. The average molecular weight is 283 g/mol. The van der Waals surface area contributed by atoms with Gasteiger partial charge in [0.2, 0.25) is 5.91 Å². The lowest BCUT2D eigenvalue weighted by molar-refractivity contribution is -0.141. The minimum Gasteiger partial charge on any atom is -0.508 e. The van der Waals surface area contributed by atoms with Crippen LogP contribution in [0.2, 0.25) is 0 Å². The lowest BCUT2D eigenvalue weighted by atomic mass is 9.76. The Bertz CT molecular complexity index is 500. The molecule has 1 amide bonds. The number of carbonyl (C=O) groups excluding carboxylic acids is 1. The van der Waals surface area contributed by atoms with Gasteiger partial charge in [0.05, 0.1) is 5.54 Å². The van der Waals surface area contributed by atoms with Gasteiger partial charge in [0.15, 0.2) is 0 Å². The van der Waals surface area contributed by atoms with Crippen molar-refractivity contribution < 1.29 is 9.90 Å². The van der Waals surface area contributed by atoms with E-state index in [0.717, 1.165) is 37.8 Å². The summed E-state index contributed by atoms with van der Waals surface area (Å²) in [5, 5.41) is 9.50. The number of hydrogen-bond donors (Lipinski definition) is 2. The zero-order valence-electron chi connectivity index (χ0n) is 10.8. The zero-order chi connectivity index (χ0) is 12.8. The maximum Gasteiger partial charge on any atom is 0.242 e. The first-order valence-corrected chi connectivity index (χ1v) is 6.47. The van der Waals surface area contributed by atoms with Crippen LogP contribution in [0.15, 0.2) is 18.2 Å². The van der Waals surface area contributed by atoms with E-state index in [1.54, 1.807) is 12.1 Å². The van der Waals surface area contributed by atoms with Crippen LogP contribution in [-0.4, -0.2) is 28.0 Å². The molecule has 4 nitrogen and oxygen atoms in total. The smallest absolute Gasteiger partial charge is 0.242 e. The molecule has 1 fully saturated rings. The molecule has 1 aromatic carbocycles. The predicted molar refractivity (Wildman–Crippen MR) is 75.2 cm³/mol. The van der Waals surface area contributed by atoms with Gasteiger partial charge in [-0.2, -0.15) is 0 Å². The van der Waals surface area contributed by atoms with E-state index in [-0.39, 0.29) is 24.1 Å². The van der Waals surface area contributed by atoms with Gasteiger partial charge in [0.25, 0.3) is 0 Å². The number of phenolic OH excluding ortho intramolecular Hbond substituents is 1. The summed E-state index contributed by atoms with van der Waals surface area (Å²) in [5.74, 6) is 0.330. The summed E-state index contributed by atoms with van der Waals surface area (Å²) in [4.78, 5) is 14.2. The quantitative estimate of drug-likeness (QED) is 0.822. The normalized spacial score (nSPS) is 19.9. The van der Waals surface area contributed by atoms with Crippen molar-refractivity contribution in [1.29, 1.82) is 0 Å². The van der Waals surface area contributed by atoms with Crippen LogP contribution in [0.1, 0.15) is 30.4 Å². The molecular weight excluding hydrogens is 264 g/mol. The molecule has 0 atom stereocenters. The Balaban J connectivity index is 0.00000133. The number of amides is 1. The topological polar surface area (TPSA) is 66.6 Å². The Kier molecular flexibility index (Phi) is 3.74. The summed E-state index contributed by atoms with van der Waals surface area (Å²) in [6.45, 7) is 1.30. The van der Waals surface area contributed by atoms with Crippen LogP contribution in [0.3, 0.4) is 0 Å². The molecule has 1 saturated carbocycles. The van der Waals surface area contributed by atoms with E-state index in [2.05, 4.69) is 0 Å². The van der Waals surface area contributed by atoms with Crippen LogP contribution in [-0.2, 0) is 17.8 Å². The van der Waals surface area contributed by atoms with Gasteiger partial charge < -0.3 is 15.7 Å². The van der Waals surface area contributed by atoms with Crippen molar-refractivity contribution in [2.75, 3.05) is 6.54 Å². The number of nitrogens with two attached hydrogens (primary N) is 1. The second kappa shape index (κ2) is 5.02. The molecule has 0 aromatic heterocycles. The Morgan fingerprint density at radius 3 is 2.68 bits per heavy atom. The van der Waals surface area contributed by atoms with Crippen LogP contribution in [0.25, 0.3) is 0 Å². The molecule has 0 radical (unpaired) electrons. The molecule has 19 heavy (non-hydrogen) atoms. The summed E-state index contributed by atoms with van der Waals surface area (Å²) in [6, 6.07) is 5.39. The highest BCUT2D eigenvalue weighted by molar-refractivity contribution is 5.87. The van der Waals surface area contributed by atoms with Crippen LogP contribution in [0, 0.1) is 0 Å². The molecule has 2 aliphatic rings. The molecule has 1 aliphatic heterocycles. The second-order valence-corrected chi connectivity index (χ2v) is 5.44. The lowest BCUT2D eigenvalue weighted by Gasteiger charge is -2.41. The van der Waals surface area contributed by atoms with Gasteiger partial charge >= 0.3 is 0 Å². The van der Waals surface area contributed by atoms with Gasteiger partial charge in [-0.15, -0.1) is 12.4 Å². The second-order valence-electron chi connectivity index (χ2n) is 5.44. The monoisotopic (exact) mass is 282 g/mol. The van der Waals surface area contributed by atoms with Crippen molar-refractivity contribution in [3.63, 3.8) is 0 Å². The minimum absolute atomic E-state index is 0. The van der Waals surface area contributed by atoms with Crippen LogP contribution < -0.4 is 5.73 Å². The molecule has 5 heteroatoms. The average Bonchev–Trinajstić information content (AvgIpc) is 2.34. The largest absolute Gasteiger partial charge is 0.508 e. The third kappa shape index (κ3) is 2.42. The molecule has 0 bridgehead atoms. The molecule has 0 saturated heterocycles. The van der Waals surface area contributed by atoms with Gasteiger partial charge in [0.1, 0.15) is 5.75 Å². The molecule has 1 heterocycles. The zero-order valence-corrected chi connectivity index (χ0v) is 11.6. The third-order valence-electron chi connectivity index (χ3n) is 4.16. The lowest BCUT2D eigenvalue weighted by Crippen LogP contribution is -2.60. The number of hydrogen-bond acceptors (Lipinski definition) is 3. The number of halogens is 1. The van der Waals surface area contributed by atoms with Crippen molar-refractivity contribution in [2.45, 2.75) is 37.8 Å². The highest BCUT2D eigenvalue weighted by Crippen LogP contribution is 2.33. The Morgan fingerprint density at radius 1 is 1.32 bits per heavy atom. The maximum atomic E-state index is 12.3. The number of aromatic hydroxyl groups is 1. The van der Waals surface area contributed by atoms with E-state index in [1.807, 2.05) is 11.0 Å². The fraction of sp³-hybridized carbons (Fsp3) is 0.500. The fourth-order valence-electron chi connectivity index (χ4n) is 2.80. The number of benzene rings is 1. The first kappa shape index (κ1) is 14.2. The van der Waals surface area contributed by atoms with Crippen LogP contribution in [0.4, 0.5) is 0 Å². The summed E-state index contributed by atoms with van der Waals surface area (Å²) in [7, 11) is 0. The van der Waals surface area contributed by atoms with E-state index < -0.39 is 5.54 Å². The third-order valence-corrected chi connectivity index (χ3v) is 4.16. The van der Waals surface area contributed by atoms with Crippen molar-refractivity contribution >= 4 is 18.3 Å². The van der Waals surface area contributed by atoms with Gasteiger partial charge in [-0.05, 0) is 48.9 Å².